The van der Waals surface area contributed by atoms with Gasteiger partial charge in [0.25, 0.3) is 0 Å². The first-order valence-electron chi connectivity index (χ1n) is 5.79. The first-order valence-corrected chi connectivity index (χ1v) is 5.79. The highest BCUT2D eigenvalue weighted by molar-refractivity contribution is 6.26. The fourth-order valence-corrected chi connectivity index (χ4v) is 1.61. The molecule has 1 aliphatic rings. The third-order valence-corrected chi connectivity index (χ3v) is 2.54. The summed E-state index contributed by atoms with van der Waals surface area (Å²) < 4.78 is 10.8. The Kier molecular flexibility index (Phi) is 5.42. The summed E-state index contributed by atoms with van der Waals surface area (Å²) in [5.41, 5.74) is 2.47. The van der Waals surface area contributed by atoms with Gasteiger partial charge in [-0.3, -0.25) is 0 Å². The number of carbonyl (C=O) groups excluding carboxylic acids is 1. The van der Waals surface area contributed by atoms with E-state index in [1.807, 2.05) is 20.0 Å². The first kappa shape index (κ1) is 15.9. The standard InChI is InChI=1S/C10H13NO3.C2H2O4/c1-3-13-10-8-7(5-14-10)4-11-6(2)9(8)12;3-1(4)2(5)6/h4,10,12H,3,5H2,1-2H3;(H,3,4)(H,5,6). The molecule has 0 bridgehead atoms. The number of aryl methyl sites for hydroxylation is 1. The number of hydrogen-bond donors (Lipinski definition) is 2. The molecule has 20 heavy (non-hydrogen) atoms. The molecule has 8 heteroatoms. The number of fused-ring (bicyclic) bond motifs is 1. The van der Waals surface area contributed by atoms with Crippen LogP contribution < -0.4 is 10.1 Å². The minimum atomic E-state index is -2.07. The number of aromatic nitrogens is 1. The Morgan fingerprint density at radius 1 is 1.60 bits per heavy atom. The van der Waals surface area contributed by atoms with Gasteiger partial charge in [-0.25, -0.2) is 9.78 Å². The van der Waals surface area contributed by atoms with Crippen LogP contribution in [0.3, 0.4) is 0 Å². The van der Waals surface area contributed by atoms with Gasteiger partial charge in [-0.05, 0) is 6.92 Å². The summed E-state index contributed by atoms with van der Waals surface area (Å²) in [6.07, 6.45) is 1.44. The zero-order valence-electron chi connectivity index (χ0n) is 11.0. The molecule has 0 radical (unpaired) electrons. The summed E-state index contributed by atoms with van der Waals surface area (Å²) >= 11 is 0. The van der Waals surface area contributed by atoms with Gasteiger partial charge in [0.2, 0.25) is 5.69 Å². The highest BCUT2D eigenvalue weighted by Crippen LogP contribution is 2.37. The van der Waals surface area contributed by atoms with Crippen molar-refractivity contribution in [3.05, 3.63) is 23.0 Å². The van der Waals surface area contributed by atoms with Crippen LogP contribution in [0.25, 0.3) is 0 Å². The highest BCUT2D eigenvalue weighted by atomic mass is 16.7. The maximum Gasteiger partial charge on any atom is 0.351 e. The smallest absolute Gasteiger partial charge is 0.351 e. The van der Waals surface area contributed by atoms with Gasteiger partial charge < -0.3 is 29.6 Å². The van der Waals surface area contributed by atoms with Crippen molar-refractivity contribution in [3.8, 4) is 5.75 Å². The number of carboxylic acid groups (broad SMARTS) is 2. The Bertz CT molecular complexity index is 501. The van der Waals surface area contributed by atoms with E-state index in [1.165, 1.54) is 0 Å². The number of carbonyl (C=O) groups is 2. The molecule has 0 saturated heterocycles. The average molecular weight is 285 g/mol. The van der Waals surface area contributed by atoms with Crippen molar-refractivity contribution in [3.63, 3.8) is 0 Å². The third kappa shape index (κ3) is 3.65. The van der Waals surface area contributed by atoms with Gasteiger partial charge in [0.05, 0.1) is 17.7 Å². The van der Waals surface area contributed by atoms with Crippen molar-refractivity contribution in [1.82, 2.24) is 0 Å². The Hall–Kier alpha value is -2.19. The monoisotopic (exact) mass is 285 g/mol. The van der Waals surface area contributed by atoms with Crippen LogP contribution in [0.15, 0.2) is 6.20 Å². The molecule has 0 saturated carbocycles. The first-order chi connectivity index (χ1) is 9.38. The fraction of sp³-hybridized carbons (Fsp3) is 0.417. The van der Waals surface area contributed by atoms with Gasteiger partial charge >= 0.3 is 5.97 Å². The average Bonchev–Trinajstić information content (AvgIpc) is 2.79. The Morgan fingerprint density at radius 3 is 2.70 bits per heavy atom. The lowest BCUT2D eigenvalue weighted by molar-refractivity contribution is -0.389. The Labute approximate surface area is 114 Å². The van der Waals surface area contributed by atoms with Crippen LogP contribution in [0.4, 0.5) is 0 Å². The van der Waals surface area contributed by atoms with E-state index in [1.54, 1.807) is 0 Å². The molecule has 8 nitrogen and oxygen atoms in total. The Morgan fingerprint density at radius 2 is 2.20 bits per heavy atom. The van der Waals surface area contributed by atoms with Crippen LogP contribution in [0.5, 0.6) is 5.75 Å². The van der Waals surface area contributed by atoms with E-state index in [0.29, 0.717) is 13.2 Å². The summed E-state index contributed by atoms with van der Waals surface area (Å²) in [7, 11) is 0. The number of carboxylic acids is 2. The van der Waals surface area contributed by atoms with E-state index in [4.69, 9.17) is 29.3 Å². The van der Waals surface area contributed by atoms with Gasteiger partial charge in [0, 0.05) is 13.5 Å². The Balaban J connectivity index is 0.000000286. The number of nitrogens with one attached hydrogen (secondary N) is 1. The molecular weight excluding hydrogens is 270 g/mol. The fourth-order valence-electron chi connectivity index (χ4n) is 1.61. The zero-order valence-corrected chi connectivity index (χ0v) is 11.0. The quantitative estimate of drug-likeness (QED) is 0.659. The van der Waals surface area contributed by atoms with Crippen molar-refractivity contribution in [2.75, 3.05) is 6.61 Å². The minimum Gasteiger partial charge on any atom is -0.539 e. The van der Waals surface area contributed by atoms with E-state index in [-0.39, 0.29) is 5.75 Å². The lowest BCUT2D eigenvalue weighted by Gasteiger charge is -2.11. The number of aromatic amines is 1. The van der Waals surface area contributed by atoms with Crippen LogP contribution in [-0.4, -0.2) is 28.8 Å². The second-order valence-electron chi connectivity index (χ2n) is 3.89. The number of hydrogen-bond acceptors (Lipinski definition) is 6. The molecule has 110 valence electrons. The lowest BCUT2D eigenvalue weighted by Crippen LogP contribution is -2.30. The topological polar surface area (TPSA) is 130 Å². The van der Waals surface area contributed by atoms with E-state index >= 15 is 0 Å². The van der Waals surface area contributed by atoms with E-state index < -0.39 is 18.2 Å². The van der Waals surface area contributed by atoms with Crippen LogP contribution in [-0.2, 0) is 25.7 Å². The second kappa shape index (κ2) is 6.83. The molecule has 1 unspecified atom stereocenters. The molecule has 0 spiro atoms. The molecule has 3 N–H and O–H groups in total. The van der Waals surface area contributed by atoms with Crippen LogP contribution in [0.1, 0.15) is 30.0 Å². The van der Waals surface area contributed by atoms with Gasteiger partial charge in [-0.1, -0.05) is 0 Å². The van der Waals surface area contributed by atoms with E-state index in [9.17, 15) is 5.11 Å². The molecule has 1 aromatic rings. The molecule has 1 aliphatic heterocycles. The minimum absolute atomic E-state index is 0.249. The number of pyridine rings is 1. The van der Waals surface area contributed by atoms with Gasteiger partial charge in [0.15, 0.2) is 24.2 Å². The molecular formula is C12H15NO7. The molecule has 0 aliphatic carbocycles. The SMILES string of the molecule is CCOC1OCc2c[nH+]c(C)c(O)c21.O=C([O-])C(=O)O. The van der Waals surface area contributed by atoms with E-state index in [2.05, 4.69) is 4.98 Å². The van der Waals surface area contributed by atoms with Crippen molar-refractivity contribution >= 4 is 11.9 Å². The number of rotatable bonds is 2. The number of aliphatic carboxylic acids is 2. The molecule has 0 fully saturated rings. The predicted molar refractivity (Wildman–Crippen MR) is 61.2 cm³/mol. The van der Waals surface area contributed by atoms with Crippen molar-refractivity contribution in [1.29, 1.82) is 0 Å². The molecule has 2 rings (SSSR count). The summed E-state index contributed by atoms with van der Waals surface area (Å²) in [4.78, 5) is 21.0. The van der Waals surface area contributed by atoms with Crippen molar-refractivity contribution < 1.29 is 39.4 Å². The summed E-state index contributed by atoms with van der Waals surface area (Å²) in [5, 5.41) is 26.1. The summed E-state index contributed by atoms with van der Waals surface area (Å²) in [5.74, 6) is -3.76. The van der Waals surface area contributed by atoms with Gasteiger partial charge in [-0.2, -0.15) is 0 Å². The van der Waals surface area contributed by atoms with Gasteiger partial charge in [-0.15, -0.1) is 0 Å². The molecule has 1 aromatic heterocycles. The zero-order chi connectivity index (χ0) is 15.3. The second-order valence-corrected chi connectivity index (χ2v) is 3.89. The van der Waals surface area contributed by atoms with Crippen molar-refractivity contribution in [2.45, 2.75) is 26.7 Å². The third-order valence-electron chi connectivity index (χ3n) is 2.54. The summed E-state index contributed by atoms with van der Waals surface area (Å²) in [6.45, 7) is 4.78. The van der Waals surface area contributed by atoms with E-state index in [0.717, 1.165) is 16.8 Å². The molecule has 2 heterocycles. The molecule has 0 amide bonds. The van der Waals surface area contributed by atoms with Crippen molar-refractivity contribution in [2.24, 2.45) is 0 Å². The van der Waals surface area contributed by atoms with Gasteiger partial charge in [0.1, 0.15) is 0 Å². The summed E-state index contributed by atoms with van der Waals surface area (Å²) in [6, 6.07) is 0. The highest BCUT2D eigenvalue weighted by Gasteiger charge is 2.30. The number of aromatic hydroxyl groups is 1. The molecule has 0 aromatic carbocycles. The predicted octanol–water partition coefficient (Wildman–Crippen LogP) is -1.10. The number of H-pyrrole nitrogens is 1. The van der Waals surface area contributed by atoms with Crippen LogP contribution in [0, 0.1) is 6.92 Å². The lowest BCUT2D eigenvalue weighted by atomic mass is 10.1. The van der Waals surface area contributed by atoms with Crippen LogP contribution >= 0.6 is 0 Å². The molecule has 1 atom stereocenters. The maximum absolute atomic E-state index is 9.82. The largest absolute Gasteiger partial charge is 0.539 e. The van der Waals surface area contributed by atoms with Crippen LogP contribution in [0.2, 0.25) is 0 Å². The number of ether oxygens (including phenoxy) is 2. The maximum atomic E-state index is 9.82. The normalized spacial score (nSPS) is 16.0.